The third-order valence-corrected chi connectivity index (χ3v) is 2.69. The van der Waals surface area contributed by atoms with Gasteiger partial charge in [0, 0.05) is 6.54 Å². The van der Waals surface area contributed by atoms with E-state index in [0.29, 0.717) is 12.3 Å². The number of furan rings is 1. The van der Waals surface area contributed by atoms with Crippen LogP contribution in [0.5, 0.6) is 0 Å². The van der Waals surface area contributed by atoms with Crippen molar-refractivity contribution in [3.05, 3.63) is 59.0 Å². The standard InChI is InChI=1S/C14H15NO2/c1-10-8-13(17-11(10)2)14(16)15-9-12-6-4-3-5-7-12/h3-8H,9H2,1-2H3,(H,15,16). The number of carbonyl (C=O) groups excluding carboxylic acids is 1. The van der Waals surface area contributed by atoms with E-state index in [1.165, 1.54) is 0 Å². The molecule has 0 atom stereocenters. The zero-order valence-electron chi connectivity index (χ0n) is 9.99. The van der Waals surface area contributed by atoms with Crippen LogP contribution in [0.1, 0.15) is 27.4 Å². The molecule has 0 bridgehead atoms. The number of hydrogen-bond donors (Lipinski definition) is 1. The first kappa shape index (κ1) is 11.5. The van der Waals surface area contributed by atoms with Gasteiger partial charge >= 0.3 is 0 Å². The second-order valence-corrected chi connectivity index (χ2v) is 4.02. The maximum atomic E-state index is 11.8. The monoisotopic (exact) mass is 229 g/mol. The lowest BCUT2D eigenvalue weighted by atomic mass is 10.2. The van der Waals surface area contributed by atoms with Gasteiger partial charge in [0.15, 0.2) is 5.76 Å². The van der Waals surface area contributed by atoms with E-state index in [9.17, 15) is 4.79 Å². The Morgan fingerprint density at radius 1 is 1.24 bits per heavy atom. The van der Waals surface area contributed by atoms with Crippen LogP contribution in [0.4, 0.5) is 0 Å². The third kappa shape index (κ3) is 2.75. The van der Waals surface area contributed by atoms with Crippen LogP contribution in [0.25, 0.3) is 0 Å². The molecule has 17 heavy (non-hydrogen) atoms. The number of benzene rings is 1. The summed E-state index contributed by atoms with van der Waals surface area (Å²) in [6, 6.07) is 11.5. The molecular weight excluding hydrogens is 214 g/mol. The van der Waals surface area contributed by atoms with E-state index < -0.39 is 0 Å². The maximum Gasteiger partial charge on any atom is 0.287 e. The minimum Gasteiger partial charge on any atom is -0.456 e. The molecule has 2 rings (SSSR count). The lowest BCUT2D eigenvalue weighted by Gasteiger charge is -2.02. The summed E-state index contributed by atoms with van der Waals surface area (Å²) in [6.45, 7) is 4.29. The van der Waals surface area contributed by atoms with Crippen molar-refractivity contribution >= 4 is 5.91 Å². The number of hydrogen-bond acceptors (Lipinski definition) is 2. The Balaban J connectivity index is 1.98. The summed E-state index contributed by atoms with van der Waals surface area (Å²) in [5.74, 6) is 0.982. The summed E-state index contributed by atoms with van der Waals surface area (Å²) < 4.78 is 5.35. The van der Waals surface area contributed by atoms with E-state index in [2.05, 4.69) is 5.32 Å². The maximum absolute atomic E-state index is 11.8. The number of carbonyl (C=O) groups is 1. The van der Waals surface area contributed by atoms with Crippen LogP contribution in [0.3, 0.4) is 0 Å². The van der Waals surface area contributed by atoms with Crippen molar-refractivity contribution in [2.24, 2.45) is 0 Å². The predicted molar refractivity (Wildman–Crippen MR) is 65.8 cm³/mol. The fourth-order valence-corrected chi connectivity index (χ4v) is 1.55. The van der Waals surface area contributed by atoms with Crippen molar-refractivity contribution < 1.29 is 9.21 Å². The molecule has 3 heteroatoms. The molecule has 0 radical (unpaired) electrons. The molecule has 0 aliphatic heterocycles. The highest BCUT2D eigenvalue weighted by atomic mass is 16.3. The van der Waals surface area contributed by atoms with Gasteiger partial charge in [0.05, 0.1) is 0 Å². The summed E-state index contributed by atoms with van der Waals surface area (Å²) in [7, 11) is 0. The first-order valence-electron chi connectivity index (χ1n) is 5.56. The van der Waals surface area contributed by atoms with Crippen LogP contribution in [0.15, 0.2) is 40.8 Å². The predicted octanol–water partition coefficient (Wildman–Crippen LogP) is 2.83. The van der Waals surface area contributed by atoms with Gasteiger partial charge in [0.2, 0.25) is 0 Å². The van der Waals surface area contributed by atoms with E-state index in [1.807, 2.05) is 44.2 Å². The van der Waals surface area contributed by atoms with E-state index in [1.54, 1.807) is 6.07 Å². The molecule has 0 unspecified atom stereocenters. The number of rotatable bonds is 3. The molecule has 2 aromatic rings. The second-order valence-electron chi connectivity index (χ2n) is 4.02. The highest BCUT2D eigenvalue weighted by Gasteiger charge is 2.11. The van der Waals surface area contributed by atoms with Gasteiger partial charge in [-0.3, -0.25) is 4.79 Å². The Bertz CT molecular complexity index is 495. The van der Waals surface area contributed by atoms with Gasteiger partial charge in [-0.1, -0.05) is 30.3 Å². The molecule has 1 aromatic carbocycles. The number of amides is 1. The molecule has 0 saturated carbocycles. The van der Waals surface area contributed by atoms with Crippen LogP contribution in [0.2, 0.25) is 0 Å². The third-order valence-electron chi connectivity index (χ3n) is 2.69. The van der Waals surface area contributed by atoms with E-state index >= 15 is 0 Å². The molecule has 1 N–H and O–H groups in total. The fraction of sp³-hybridized carbons (Fsp3) is 0.214. The Hall–Kier alpha value is -2.03. The van der Waals surface area contributed by atoms with Crippen LogP contribution in [-0.4, -0.2) is 5.91 Å². The van der Waals surface area contributed by atoms with Crippen molar-refractivity contribution in [2.45, 2.75) is 20.4 Å². The number of aryl methyl sites for hydroxylation is 2. The lowest BCUT2D eigenvalue weighted by Crippen LogP contribution is -2.22. The average Bonchev–Trinajstić information content (AvgIpc) is 2.68. The van der Waals surface area contributed by atoms with Gasteiger partial charge < -0.3 is 9.73 Å². The van der Waals surface area contributed by atoms with E-state index in [0.717, 1.165) is 16.9 Å². The van der Waals surface area contributed by atoms with Crippen molar-refractivity contribution in [2.75, 3.05) is 0 Å². The van der Waals surface area contributed by atoms with Crippen LogP contribution < -0.4 is 5.32 Å². The minimum atomic E-state index is -0.176. The molecule has 0 aliphatic rings. The lowest BCUT2D eigenvalue weighted by molar-refractivity contribution is 0.0922. The molecule has 0 aliphatic carbocycles. The van der Waals surface area contributed by atoms with Gasteiger partial charge in [0.25, 0.3) is 5.91 Å². The van der Waals surface area contributed by atoms with Gasteiger partial charge in [-0.25, -0.2) is 0 Å². The Kier molecular flexibility index (Phi) is 3.28. The second kappa shape index (κ2) is 4.87. The quantitative estimate of drug-likeness (QED) is 0.879. The molecule has 0 spiro atoms. The fourth-order valence-electron chi connectivity index (χ4n) is 1.55. The molecule has 1 aromatic heterocycles. The van der Waals surface area contributed by atoms with Crippen LogP contribution in [-0.2, 0) is 6.54 Å². The van der Waals surface area contributed by atoms with Crippen LogP contribution in [0, 0.1) is 13.8 Å². The Morgan fingerprint density at radius 2 is 1.94 bits per heavy atom. The minimum absolute atomic E-state index is 0.176. The summed E-state index contributed by atoms with van der Waals surface area (Å²) in [4.78, 5) is 11.8. The molecule has 0 fully saturated rings. The number of nitrogens with one attached hydrogen (secondary N) is 1. The Labute approximate surface area is 100 Å². The largest absolute Gasteiger partial charge is 0.456 e. The van der Waals surface area contributed by atoms with Crippen molar-refractivity contribution in [3.63, 3.8) is 0 Å². The molecule has 1 amide bonds. The van der Waals surface area contributed by atoms with Gasteiger partial charge in [0.1, 0.15) is 5.76 Å². The van der Waals surface area contributed by atoms with Crippen molar-refractivity contribution in [3.8, 4) is 0 Å². The molecule has 88 valence electrons. The van der Waals surface area contributed by atoms with Gasteiger partial charge in [-0.2, -0.15) is 0 Å². The summed E-state index contributed by atoms with van der Waals surface area (Å²) in [6.07, 6.45) is 0. The summed E-state index contributed by atoms with van der Waals surface area (Å²) >= 11 is 0. The first-order valence-corrected chi connectivity index (χ1v) is 5.56. The Morgan fingerprint density at radius 3 is 2.53 bits per heavy atom. The van der Waals surface area contributed by atoms with E-state index in [-0.39, 0.29) is 5.91 Å². The zero-order valence-corrected chi connectivity index (χ0v) is 9.99. The van der Waals surface area contributed by atoms with Crippen molar-refractivity contribution in [1.82, 2.24) is 5.32 Å². The molecule has 0 saturated heterocycles. The first-order chi connectivity index (χ1) is 8.16. The SMILES string of the molecule is Cc1cc(C(=O)NCc2ccccc2)oc1C. The molecule has 3 nitrogen and oxygen atoms in total. The normalized spacial score (nSPS) is 10.2. The topological polar surface area (TPSA) is 42.2 Å². The zero-order chi connectivity index (χ0) is 12.3. The van der Waals surface area contributed by atoms with Crippen molar-refractivity contribution in [1.29, 1.82) is 0 Å². The average molecular weight is 229 g/mol. The summed E-state index contributed by atoms with van der Waals surface area (Å²) in [5.41, 5.74) is 2.07. The molecular formula is C14H15NO2. The smallest absolute Gasteiger partial charge is 0.287 e. The van der Waals surface area contributed by atoms with E-state index in [4.69, 9.17) is 4.42 Å². The highest BCUT2D eigenvalue weighted by molar-refractivity contribution is 5.91. The highest BCUT2D eigenvalue weighted by Crippen LogP contribution is 2.13. The molecule has 1 heterocycles. The van der Waals surface area contributed by atoms with Gasteiger partial charge in [-0.05, 0) is 31.0 Å². The van der Waals surface area contributed by atoms with Gasteiger partial charge in [-0.15, -0.1) is 0 Å². The van der Waals surface area contributed by atoms with Crippen LogP contribution >= 0.6 is 0 Å². The summed E-state index contributed by atoms with van der Waals surface area (Å²) in [5, 5.41) is 2.82.